The van der Waals surface area contributed by atoms with Gasteiger partial charge in [0.25, 0.3) is 0 Å². The lowest BCUT2D eigenvalue weighted by molar-refractivity contribution is 0.330. The molecule has 0 spiro atoms. The van der Waals surface area contributed by atoms with E-state index in [1.807, 2.05) is 0 Å². The Morgan fingerprint density at radius 1 is 1.56 bits per heavy atom. The van der Waals surface area contributed by atoms with Gasteiger partial charge in [0.05, 0.1) is 0 Å². The Hall–Kier alpha value is 0.0900. The van der Waals surface area contributed by atoms with Gasteiger partial charge in [-0.05, 0) is 12.3 Å². The summed E-state index contributed by atoms with van der Waals surface area (Å²) in [6.07, 6.45) is 1.09. The van der Waals surface area contributed by atoms with Gasteiger partial charge in [0.15, 0.2) is 0 Å². The van der Waals surface area contributed by atoms with Gasteiger partial charge >= 0.3 is 0 Å². The summed E-state index contributed by atoms with van der Waals surface area (Å²) < 4.78 is 0. The van der Waals surface area contributed by atoms with Crippen LogP contribution in [0.1, 0.15) is 34.1 Å². The maximum absolute atomic E-state index is 4.81. The summed E-state index contributed by atoms with van der Waals surface area (Å²) in [4.78, 5) is 0. The third kappa shape index (κ3) is 2.05. The van der Waals surface area contributed by atoms with Crippen LogP contribution in [0.25, 0.3) is 0 Å². The maximum atomic E-state index is 4.81. The van der Waals surface area contributed by atoms with Crippen LogP contribution >= 0.6 is 12.2 Å². The Morgan fingerprint density at radius 3 is 2.00 bits per heavy atom. The molecule has 0 saturated heterocycles. The first kappa shape index (κ1) is 9.09. The highest BCUT2D eigenvalue weighted by atomic mass is 32.1. The van der Waals surface area contributed by atoms with Crippen molar-refractivity contribution in [1.82, 2.24) is 0 Å². The van der Waals surface area contributed by atoms with E-state index in [0.29, 0.717) is 5.92 Å². The molecule has 0 fully saturated rings. The first-order valence-corrected chi connectivity index (χ1v) is 3.87. The standard InChI is InChI=1S/C8H15S/c1-5-8(4,6-9)7(2)3/h7H,5H2,1-4H3. The van der Waals surface area contributed by atoms with Crippen LogP contribution in [-0.4, -0.2) is 5.37 Å². The fourth-order valence-corrected chi connectivity index (χ4v) is 0.978. The molecule has 0 nitrogen and oxygen atoms in total. The Labute approximate surface area is 63.7 Å². The molecule has 1 heteroatoms. The summed E-state index contributed by atoms with van der Waals surface area (Å²) in [6, 6.07) is 0. The molecule has 0 saturated carbocycles. The predicted octanol–water partition coefficient (Wildman–Crippen LogP) is 2.94. The molecule has 53 valence electrons. The van der Waals surface area contributed by atoms with Crippen molar-refractivity contribution < 1.29 is 0 Å². The molecule has 0 rings (SSSR count). The number of hydrogen-bond acceptors (Lipinski definition) is 1. The van der Waals surface area contributed by atoms with E-state index in [2.05, 4.69) is 33.1 Å². The fraction of sp³-hybridized carbons (Fsp3) is 0.875. The summed E-state index contributed by atoms with van der Waals surface area (Å²) >= 11 is 4.81. The highest BCUT2D eigenvalue weighted by Gasteiger charge is 2.23. The molecule has 0 N–H and O–H groups in total. The molecule has 0 amide bonds. The molecule has 0 aliphatic rings. The van der Waals surface area contributed by atoms with Crippen molar-refractivity contribution in [2.24, 2.45) is 11.3 Å². The minimum atomic E-state index is 0.148. The van der Waals surface area contributed by atoms with E-state index in [4.69, 9.17) is 12.2 Å². The Balaban J connectivity index is 4.08. The fourth-order valence-electron chi connectivity index (χ4n) is 0.598. The summed E-state index contributed by atoms with van der Waals surface area (Å²) in [7, 11) is 0. The number of rotatable bonds is 3. The molecule has 0 aromatic carbocycles. The van der Waals surface area contributed by atoms with Crippen molar-refractivity contribution in [2.45, 2.75) is 34.1 Å². The zero-order chi connectivity index (χ0) is 7.49. The molecule has 1 radical (unpaired) electrons. The van der Waals surface area contributed by atoms with E-state index < -0.39 is 0 Å². The van der Waals surface area contributed by atoms with Crippen LogP contribution in [0.4, 0.5) is 0 Å². The van der Waals surface area contributed by atoms with Crippen molar-refractivity contribution in [3.05, 3.63) is 0 Å². The number of hydrogen-bond donors (Lipinski definition) is 0. The zero-order valence-electron chi connectivity index (χ0n) is 6.69. The first-order valence-electron chi connectivity index (χ1n) is 3.46. The van der Waals surface area contributed by atoms with Gasteiger partial charge in [-0.25, -0.2) is 0 Å². The van der Waals surface area contributed by atoms with E-state index in [1.165, 1.54) is 0 Å². The molecule has 0 aromatic heterocycles. The second-order valence-corrected chi connectivity index (χ2v) is 3.23. The molecular formula is C8H15S. The molecule has 0 heterocycles. The predicted molar refractivity (Wildman–Crippen MR) is 45.8 cm³/mol. The van der Waals surface area contributed by atoms with E-state index >= 15 is 0 Å². The normalized spacial score (nSPS) is 17.4. The van der Waals surface area contributed by atoms with Crippen molar-refractivity contribution >= 4 is 17.6 Å². The highest BCUT2D eigenvalue weighted by molar-refractivity contribution is 7.79. The van der Waals surface area contributed by atoms with E-state index in [0.717, 1.165) is 6.42 Å². The lowest BCUT2D eigenvalue weighted by atomic mass is 9.79. The third-order valence-corrected chi connectivity index (χ3v) is 2.71. The second-order valence-electron chi connectivity index (χ2n) is 3.03. The average molecular weight is 143 g/mol. The molecular weight excluding hydrogens is 128 g/mol. The van der Waals surface area contributed by atoms with Gasteiger partial charge in [0.2, 0.25) is 0 Å². The SMILES string of the molecule is CCC(C)([C]=S)C(C)C. The van der Waals surface area contributed by atoms with Crippen LogP contribution in [-0.2, 0) is 0 Å². The van der Waals surface area contributed by atoms with Gasteiger partial charge in [-0.2, -0.15) is 0 Å². The number of thiocarbonyl (C=S) groups is 1. The highest BCUT2D eigenvalue weighted by Crippen LogP contribution is 2.28. The molecule has 0 bridgehead atoms. The van der Waals surface area contributed by atoms with Gasteiger partial charge in [-0.15, -0.1) is 0 Å². The van der Waals surface area contributed by atoms with E-state index in [9.17, 15) is 0 Å². The van der Waals surface area contributed by atoms with Gasteiger partial charge in [0, 0.05) is 10.8 Å². The first-order chi connectivity index (χ1) is 4.06. The molecule has 1 atom stereocenters. The monoisotopic (exact) mass is 143 g/mol. The van der Waals surface area contributed by atoms with Crippen molar-refractivity contribution in [2.75, 3.05) is 0 Å². The van der Waals surface area contributed by atoms with Gasteiger partial charge in [0.1, 0.15) is 0 Å². The minimum absolute atomic E-state index is 0.148. The Morgan fingerprint density at radius 2 is 2.00 bits per heavy atom. The summed E-state index contributed by atoms with van der Waals surface area (Å²) in [5.74, 6) is 0.611. The van der Waals surface area contributed by atoms with Crippen LogP contribution in [0, 0.1) is 11.3 Å². The van der Waals surface area contributed by atoms with Crippen LogP contribution < -0.4 is 0 Å². The molecule has 9 heavy (non-hydrogen) atoms. The minimum Gasteiger partial charge on any atom is -0.0831 e. The Kier molecular flexibility index (Phi) is 3.34. The van der Waals surface area contributed by atoms with Crippen molar-refractivity contribution in [3.63, 3.8) is 0 Å². The van der Waals surface area contributed by atoms with Crippen LogP contribution in [0.5, 0.6) is 0 Å². The smallest absolute Gasteiger partial charge is 0.0358 e. The lowest BCUT2D eigenvalue weighted by Crippen LogP contribution is -2.22. The van der Waals surface area contributed by atoms with E-state index in [-0.39, 0.29) is 5.41 Å². The van der Waals surface area contributed by atoms with Crippen molar-refractivity contribution in [1.29, 1.82) is 0 Å². The van der Waals surface area contributed by atoms with Gasteiger partial charge in [-0.1, -0.05) is 39.9 Å². The lowest BCUT2D eigenvalue weighted by Gasteiger charge is -2.26. The topological polar surface area (TPSA) is 0 Å². The average Bonchev–Trinajstić information content (AvgIpc) is 1.86. The second kappa shape index (κ2) is 3.31. The van der Waals surface area contributed by atoms with Crippen LogP contribution in [0.2, 0.25) is 0 Å². The van der Waals surface area contributed by atoms with Crippen molar-refractivity contribution in [3.8, 4) is 0 Å². The summed E-state index contributed by atoms with van der Waals surface area (Å²) in [5, 5.41) is 2.91. The summed E-state index contributed by atoms with van der Waals surface area (Å²) in [5.41, 5.74) is 0.148. The molecule has 0 aliphatic carbocycles. The van der Waals surface area contributed by atoms with Crippen LogP contribution in [0.3, 0.4) is 0 Å². The molecule has 0 aromatic rings. The molecule has 1 unspecified atom stereocenters. The third-order valence-electron chi connectivity index (χ3n) is 2.24. The van der Waals surface area contributed by atoms with Gasteiger partial charge in [-0.3, -0.25) is 0 Å². The maximum Gasteiger partial charge on any atom is 0.0358 e. The van der Waals surface area contributed by atoms with E-state index in [1.54, 1.807) is 0 Å². The van der Waals surface area contributed by atoms with Gasteiger partial charge < -0.3 is 0 Å². The Bertz CT molecular complexity index is 96.7. The summed E-state index contributed by atoms with van der Waals surface area (Å²) in [6.45, 7) is 8.68. The largest absolute Gasteiger partial charge is 0.0831 e. The van der Waals surface area contributed by atoms with Crippen LogP contribution in [0.15, 0.2) is 0 Å². The quantitative estimate of drug-likeness (QED) is 0.547. The zero-order valence-corrected chi connectivity index (χ0v) is 7.51. The molecule has 0 aliphatic heterocycles.